The summed E-state index contributed by atoms with van der Waals surface area (Å²) in [5.74, 6) is -0.0899. The molecular weight excluding hydrogens is 330 g/mol. The number of esters is 1. The molecule has 0 spiro atoms. The van der Waals surface area contributed by atoms with Gasteiger partial charge in [-0.05, 0) is 51.0 Å². The van der Waals surface area contributed by atoms with Crippen LogP contribution < -0.4 is 10.1 Å². The fraction of sp³-hybridized carbons (Fsp3) is 0.333. The lowest BCUT2D eigenvalue weighted by atomic mass is 10.1. The second-order valence-corrected chi connectivity index (χ2v) is 6.30. The quantitative estimate of drug-likeness (QED) is 0.764. The zero-order valence-corrected chi connectivity index (χ0v) is 15.7. The van der Waals surface area contributed by atoms with Gasteiger partial charge in [0.1, 0.15) is 5.75 Å². The van der Waals surface area contributed by atoms with Crippen molar-refractivity contribution >= 4 is 17.6 Å². The molecule has 0 aliphatic heterocycles. The van der Waals surface area contributed by atoms with E-state index in [1.807, 2.05) is 63.2 Å². The van der Waals surface area contributed by atoms with Crippen molar-refractivity contribution in [1.82, 2.24) is 0 Å². The Balaban J connectivity index is 1.78. The van der Waals surface area contributed by atoms with E-state index in [0.29, 0.717) is 5.69 Å². The molecule has 0 unspecified atom stereocenters. The SMILES string of the molecule is Cc1ccc(NC(=O)[C@H](C)OC(=O)CCOc2ccccc2C)c(C)c1. The Morgan fingerprint density at radius 3 is 2.46 bits per heavy atom. The molecule has 5 heteroatoms. The lowest BCUT2D eigenvalue weighted by molar-refractivity contribution is -0.153. The molecule has 0 aromatic heterocycles. The third-order valence-electron chi connectivity index (χ3n) is 3.97. The summed E-state index contributed by atoms with van der Waals surface area (Å²) < 4.78 is 10.8. The number of hydrogen-bond acceptors (Lipinski definition) is 4. The molecule has 1 atom stereocenters. The molecular formula is C21H25NO4. The highest BCUT2D eigenvalue weighted by Crippen LogP contribution is 2.17. The smallest absolute Gasteiger partial charge is 0.310 e. The van der Waals surface area contributed by atoms with Crippen LogP contribution >= 0.6 is 0 Å². The second kappa shape index (κ2) is 9.04. The van der Waals surface area contributed by atoms with Gasteiger partial charge in [-0.1, -0.05) is 35.9 Å². The highest BCUT2D eigenvalue weighted by molar-refractivity contribution is 5.95. The number of nitrogens with one attached hydrogen (secondary N) is 1. The summed E-state index contributed by atoms with van der Waals surface area (Å²) >= 11 is 0. The van der Waals surface area contributed by atoms with Crippen LogP contribution in [0.3, 0.4) is 0 Å². The number of carbonyl (C=O) groups is 2. The number of carbonyl (C=O) groups excluding carboxylic acids is 2. The highest BCUT2D eigenvalue weighted by atomic mass is 16.5. The number of benzene rings is 2. The van der Waals surface area contributed by atoms with Gasteiger partial charge in [0.15, 0.2) is 6.10 Å². The van der Waals surface area contributed by atoms with Gasteiger partial charge >= 0.3 is 5.97 Å². The molecule has 2 aromatic rings. The van der Waals surface area contributed by atoms with Gasteiger partial charge in [0, 0.05) is 5.69 Å². The molecule has 0 aliphatic carbocycles. The van der Waals surface area contributed by atoms with E-state index in [9.17, 15) is 9.59 Å². The van der Waals surface area contributed by atoms with Crippen LogP contribution in [0.15, 0.2) is 42.5 Å². The number of aryl methyl sites for hydroxylation is 3. The van der Waals surface area contributed by atoms with Crippen LogP contribution in [-0.2, 0) is 14.3 Å². The molecule has 1 N–H and O–H groups in total. The number of ether oxygens (including phenoxy) is 2. The van der Waals surface area contributed by atoms with E-state index in [2.05, 4.69) is 5.32 Å². The summed E-state index contributed by atoms with van der Waals surface area (Å²) in [6.45, 7) is 7.60. The minimum atomic E-state index is -0.873. The van der Waals surface area contributed by atoms with Gasteiger partial charge in [-0.3, -0.25) is 9.59 Å². The molecule has 0 heterocycles. The van der Waals surface area contributed by atoms with Gasteiger partial charge < -0.3 is 14.8 Å². The molecule has 2 rings (SSSR count). The Bertz CT molecular complexity index is 785. The van der Waals surface area contributed by atoms with E-state index in [1.165, 1.54) is 0 Å². The number of anilines is 1. The second-order valence-electron chi connectivity index (χ2n) is 6.30. The minimum Gasteiger partial charge on any atom is -0.493 e. The van der Waals surface area contributed by atoms with Crippen LogP contribution in [0, 0.1) is 20.8 Å². The van der Waals surface area contributed by atoms with E-state index in [-0.39, 0.29) is 18.9 Å². The van der Waals surface area contributed by atoms with Crippen LogP contribution in [0.4, 0.5) is 5.69 Å². The van der Waals surface area contributed by atoms with Crippen LogP contribution in [0.1, 0.15) is 30.0 Å². The molecule has 0 aliphatic rings. The average Bonchev–Trinajstić information content (AvgIpc) is 2.59. The van der Waals surface area contributed by atoms with E-state index in [0.717, 1.165) is 22.4 Å². The molecule has 138 valence electrons. The third-order valence-corrected chi connectivity index (χ3v) is 3.97. The predicted octanol–water partition coefficient (Wildman–Crippen LogP) is 3.95. The first kappa shape index (κ1) is 19.5. The number of amides is 1. The topological polar surface area (TPSA) is 64.6 Å². The molecule has 0 radical (unpaired) electrons. The number of hydrogen-bond donors (Lipinski definition) is 1. The molecule has 2 aromatic carbocycles. The van der Waals surface area contributed by atoms with Crippen LogP contribution in [0.2, 0.25) is 0 Å². The van der Waals surface area contributed by atoms with Crippen molar-refractivity contribution in [3.63, 3.8) is 0 Å². The molecule has 0 saturated carbocycles. The first-order valence-electron chi connectivity index (χ1n) is 8.63. The zero-order valence-electron chi connectivity index (χ0n) is 15.7. The van der Waals surface area contributed by atoms with Crippen LogP contribution in [-0.4, -0.2) is 24.6 Å². The Morgan fingerprint density at radius 1 is 1.04 bits per heavy atom. The largest absolute Gasteiger partial charge is 0.493 e. The van der Waals surface area contributed by atoms with Gasteiger partial charge in [-0.15, -0.1) is 0 Å². The van der Waals surface area contributed by atoms with E-state index < -0.39 is 12.1 Å². The number of para-hydroxylation sites is 1. The fourth-order valence-corrected chi connectivity index (χ4v) is 2.46. The predicted molar refractivity (Wildman–Crippen MR) is 101 cm³/mol. The van der Waals surface area contributed by atoms with E-state index in [4.69, 9.17) is 9.47 Å². The van der Waals surface area contributed by atoms with E-state index >= 15 is 0 Å². The Morgan fingerprint density at radius 2 is 1.77 bits per heavy atom. The normalized spacial score (nSPS) is 11.5. The standard InChI is InChI=1S/C21H25NO4/c1-14-9-10-18(16(3)13-14)22-21(24)17(4)26-20(23)11-12-25-19-8-6-5-7-15(19)2/h5-10,13,17H,11-12H2,1-4H3,(H,22,24)/t17-/m0/s1. The van der Waals surface area contributed by atoms with Crippen molar-refractivity contribution in [1.29, 1.82) is 0 Å². The summed E-state index contributed by atoms with van der Waals surface area (Å²) in [4.78, 5) is 24.1. The van der Waals surface area contributed by atoms with E-state index in [1.54, 1.807) is 6.92 Å². The van der Waals surface area contributed by atoms with Crippen molar-refractivity contribution in [3.05, 3.63) is 59.2 Å². The summed E-state index contributed by atoms with van der Waals surface area (Å²) in [5, 5.41) is 2.78. The molecule has 1 amide bonds. The van der Waals surface area contributed by atoms with Gasteiger partial charge in [-0.2, -0.15) is 0 Å². The van der Waals surface area contributed by atoms with Crippen molar-refractivity contribution in [2.75, 3.05) is 11.9 Å². The first-order chi connectivity index (χ1) is 12.4. The summed E-state index contributed by atoms with van der Waals surface area (Å²) in [6.07, 6.45) is -0.795. The lowest BCUT2D eigenvalue weighted by Crippen LogP contribution is -2.30. The highest BCUT2D eigenvalue weighted by Gasteiger charge is 2.18. The third kappa shape index (κ3) is 5.62. The van der Waals surface area contributed by atoms with Gasteiger partial charge in [0.25, 0.3) is 5.91 Å². The maximum atomic E-state index is 12.2. The number of rotatable bonds is 7. The molecule has 0 bridgehead atoms. The molecule has 5 nitrogen and oxygen atoms in total. The summed E-state index contributed by atoms with van der Waals surface area (Å²) in [7, 11) is 0. The molecule has 0 saturated heterocycles. The maximum Gasteiger partial charge on any atom is 0.310 e. The maximum absolute atomic E-state index is 12.2. The minimum absolute atomic E-state index is 0.0789. The van der Waals surface area contributed by atoms with Gasteiger partial charge in [0.2, 0.25) is 0 Å². The Kier molecular flexibility index (Phi) is 6.78. The van der Waals surface area contributed by atoms with Gasteiger partial charge in [0.05, 0.1) is 13.0 Å². The van der Waals surface area contributed by atoms with Crippen molar-refractivity contribution < 1.29 is 19.1 Å². The van der Waals surface area contributed by atoms with Crippen LogP contribution in [0.5, 0.6) is 5.75 Å². The van der Waals surface area contributed by atoms with Crippen molar-refractivity contribution in [2.24, 2.45) is 0 Å². The monoisotopic (exact) mass is 355 g/mol. The average molecular weight is 355 g/mol. The zero-order chi connectivity index (χ0) is 19.1. The molecule has 0 fully saturated rings. The summed E-state index contributed by atoms with van der Waals surface area (Å²) in [5.41, 5.74) is 3.80. The van der Waals surface area contributed by atoms with Crippen LogP contribution in [0.25, 0.3) is 0 Å². The first-order valence-corrected chi connectivity index (χ1v) is 8.63. The molecule has 26 heavy (non-hydrogen) atoms. The Hall–Kier alpha value is -2.82. The summed E-state index contributed by atoms with van der Waals surface area (Å²) in [6, 6.07) is 13.3. The Labute approximate surface area is 154 Å². The fourth-order valence-electron chi connectivity index (χ4n) is 2.46. The van der Waals surface area contributed by atoms with Gasteiger partial charge in [-0.25, -0.2) is 0 Å². The lowest BCUT2D eigenvalue weighted by Gasteiger charge is -2.15. The van der Waals surface area contributed by atoms with Crippen molar-refractivity contribution in [2.45, 2.75) is 40.2 Å². The van der Waals surface area contributed by atoms with Crippen molar-refractivity contribution in [3.8, 4) is 5.75 Å².